The number of nitrogens with zero attached hydrogens (tertiary/aromatic N) is 7. The summed E-state index contributed by atoms with van der Waals surface area (Å²) >= 11 is 0. The Morgan fingerprint density at radius 3 is 2.54 bits per heavy atom. The number of anilines is 2. The van der Waals surface area contributed by atoms with Crippen LogP contribution < -0.4 is 15.1 Å². The number of rotatable bonds is 6. The summed E-state index contributed by atoms with van der Waals surface area (Å²) in [5.74, 6) is -2.65. The zero-order valence-corrected chi connectivity index (χ0v) is 19.4. The molecule has 0 radical (unpaired) electrons. The van der Waals surface area contributed by atoms with Crippen LogP contribution in [-0.2, 0) is 9.53 Å². The number of halogens is 2. The van der Waals surface area contributed by atoms with Gasteiger partial charge >= 0.3 is 6.09 Å². The van der Waals surface area contributed by atoms with Crippen molar-refractivity contribution in [3.63, 3.8) is 0 Å². The van der Waals surface area contributed by atoms with Crippen LogP contribution in [0.3, 0.4) is 0 Å². The maximum Gasteiger partial charge on any atom is 0.414 e. The first-order valence-corrected chi connectivity index (χ1v) is 11.4. The summed E-state index contributed by atoms with van der Waals surface area (Å²) in [5, 5.41) is 19.3. The van der Waals surface area contributed by atoms with Crippen molar-refractivity contribution in [3.05, 3.63) is 48.2 Å². The zero-order valence-electron chi connectivity index (χ0n) is 19.4. The molecule has 4 heterocycles. The number of aromatic nitrogens is 4. The lowest BCUT2D eigenvalue weighted by molar-refractivity contribution is -0.130. The SMILES string of the molecule is O=C(NCC(=O)N1CCN(c2c(F)cc(N3C[C@H](CO)OC3=O)cc2F)CC1)c1nnc2cnccn12. The Balaban J connectivity index is 1.17. The number of ether oxygens (including phenoxy) is 1. The van der Waals surface area contributed by atoms with Crippen LogP contribution in [0, 0.1) is 11.6 Å². The van der Waals surface area contributed by atoms with Gasteiger partial charge < -0.3 is 25.0 Å². The first kappa shape index (κ1) is 24.3. The highest BCUT2D eigenvalue weighted by atomic mass is 19.1. The number of carbonyl (C=O) groups excluding carboxylic acids is 3. The minimum atomic E-state index is -0.863. The number of piperazine rings is 1. The minimum Gasteiger partial charge on any atom is -0.441 e. The average Bonchev–Trinajstić information content (AvgIpc) is 3.50. The van der Waals surface area contributed by atoms with Crippen molar-refractivity contribution in [1.29, 1.82) is 0 Å². The van der Waals surface area contributed by atoms with Crippen LogP contribution in [0.5, 0.6) is 0 Å². The van der Waals surface area contributed by atoms with Crippen LogP contribution in [0.4, 0.5) is 25.0 Å². The Morgan fingerprint density at radius 2 is 1.86 bits per heavy atom. The Hall–Kier alpha value is -4.40. The fourth-order valence-corrected chi connectivity index (χ4v) is 4.27. The summed E-state index contributed by atoms with van der Waals surface area (Å²) in [6, 6.07) is 2.08. The lowest BCUT2D eigenvalue weighted by Gasteiger charge is -2.36. The van der Waals surface area contributed by atoms with Crippen LogP contribution in [0.25, 0.3) is 5.65 Å². The maximum atomic E-state index is 14.9. The van der Waals surface area contributed by atoms with E-state index >= 15 is 0 Å². The normalized spacial score (nSPS) is 17.9. The summed E-state index contributed by atoms with van der Waals surface area (Å²) in [6.07, 6.45) is 2.89. The molecule has 5 rings (SSSR count). The van der Waals surface area contributed by atoms with Gasteiger partial charge in [0, 0.05) is 50.7 Å². The lowest BCUT2D eigenvalue weighted by atomic mass is 10.2. The van der Waals surface area contributed by atoms with Crippen molar-refractivity contribution in [2.75, 3.05) is 55.7 Å². The molecule has 0 spiro atoms. The highest BCUT2D eigenvalue weighted by Crippen LogP contribution is 2.31. The molecule has 1 aromatic carbocycles. The molecule has 3 aromatic rings. The number of aliphatic hydroxyl groups excluding tert-OH is 1. The number of hydrogen-bond acceptors (Lipinski definition) is 9. The Kier molecular flexibility index (Phi) is 6.52. The number of carbonyl (C=O) groups is 3. The molecule has 2 fully saturated rings. The highest BCUT2D eigenvalue weighted by Gasteiger charge is 2.34. The fourth-order valence-electron chi connectivity index (χ4n) is 4.27. The third kappa shape index (κ3) is 4.72. The van der Waals surface area contributed by atoms with Gasteiger partial charge in [0.1, 0.15) is 11.8 Å². The van der Waals surface area contributed by atoms with Crippen LogP contribution in [0.2, 0.25) is 0 Å². The van der Waals surface area contributed by atoms with Crippen LogP contribution in [0.1, 0.15) is 10.6 Å². The number of aliphatic hydroxyl groups is 1. The second-order valence-electron chi connectivity index (χ2n) is 8.44. The van der Waals surface area contributed by atoms with E-state index in [-0.39, 0.29) is 62.4 Å². The molecular weight excluding hydrogens is 494 g/mol. The molecule has 3 amide bonds. The average molecular weight is 516 g/mol. The molecule has 13 nitrogen and oxygen atoms in total. The van der Waals surface area contributed by atoms with E-state index in [9.17, 15) is 23.2 Å². The van der Waals surface area contributed by atoms with Gasteiger partial charge in [-0.3, -0.25) is 23.9 Å². The number of fused-ring (bicyclic) bond motifs is 1. The van der Waals surface area contributed by atoms with Crippen molar-refractivity contribution in [2.24, 2.45) is 0 Å². The number of cyclic esters (lactones) is 1. The van der Waals surface area contributed by atoms with Gasteiger partial charge in [-0.2, -0.15) is 0 Å². The quantitative estimate of drug-likeness (QED) is 0.455. The summed E-state index contributed by atoms with van der Waals surface area (Å²) in [5.41, 5.74) is 0.113. The molecule has 15 heteroatoms. The first-order valence-electron chi connectivity index (χ1n) is 11.4. The summed E-state index contributed by atoms with van der Waals surface area (Å²) < 4.78 is 36.2. The van der Waals surface area contributed by atoms with Crippen LogP contribution >= 0.6 is 0 Å². The van der Waals surface area contributed by atoms with E-state index in [0.717, 1.165) is 17.0 Å². The standard InChI is InChI=1S/C22H22F2N8O5/c23-15-7-13(32-11-14(12-33)37-22(32)36)8-16(24)19(15)30-5-3-29(4-6-30)18(34)10-26-21(35)20-28-27-17-9-25-1-2-31(17)20/h1-2,7-9,14,33H,3-6,10-12H2,(H,26,35)/t14-/m1/s1. The number of benzene rings is 1. The van der Waals surface area contributed by atoms with Crippen molar-refractivity contribution in [1.82, 2.24) is 29.8 Å². The highest BCUT2D eigenvalue weighted by molar-refractivity contribution is 5.94. The second kappa shape index (κ2) is 9.93. The molecule has 2 aliphatic heterocycles. The number of amides is 3. The third-order valence-corrected chi connectivity index (χ3v) is 6.16. The van der Waals surface area contributed by atoms with Gasteiger partial charge in [0.15, 0.2) is 17.3 Å². The van der Waals surface area contributed by atoms with Crippen LogP contribution in [0.15, 0.2) is 30.7 Å². The van der Waals surface area contributed by atoms with E-state index in [0.29, 0.717) is 5.65 Å². The predicted molar refractivity (Wildman–Crippen MR) is 123 cm³/mol. The molecular formula is C22H22F2N8O5. The fraction of sp³-hybridized carbons (Fsp3) is 0.364. The van der Waals surface area contributed by atoms with E-state index in [2.05, 4.69) is 20.5 Å². The molecule has 1 atom stereocenters. The molecule has 0 saturated carbocycles. The lowest BCUT2D eigenvalue weighted by Crippen LogP contribution is -2.51. The first-order chi connectivity index (χ1) is 17.9. The molecule has 2 saturated heterocycles. The topological polar surface area (TPSA) is 146 Å². The second-order valence-corrected chi connectivity index (χ2v) is 8.44. The molecule has 194 valence electrons. The molecule has 0 bridgehead atoms. The van der Waals surface area contributed by atoms with Gasteiger partial charge in [-0.25, -0.2) is 13.6 Å². The smallest absolute Gasteiger partial charge is 0.414 e. The number of nitrogens with one attached hydrogen (secondary N) is 1. The third-order valence-electron chi connectivity index (χ3n) is 6.16. The Bertz CT molecular complexity index is 1340. The summed E-state index contributed by atoms with van der Waals surface area (Å²) in [6.45, 7) is -0.00333. The van der Waals surface area contributed by atoms with Gasteiger partial charge in [0.05, 0.1) is 31.6 Å². The molecule has 2 aromatic heterocycles. The van der Waals surface area contributed by atoms with Crippen molar-refractivity contribution < 1.29 is 33.0 Å². The summed E-state index contributed by atoms with van der Waals surface area (Å²) in [7, 11) is 0. The van der Waals surface area contributed by atoms with Gasteiger partial charge in [0.2, 0.25) is 11.7 Å². The van der Waals surface area contributed by atoms with E-state index < -0.39 is 36.3 Å². The van der Waals surface area contributed by atoms with Crippen molar-refractivity contribution >= 4 is 34.9 Å². The minimum absolute atomic E-state index is 0.0125. The van der Waals surface area contributed by atoms with Gasteiger partial charge in [-0.1, -0.05) is 0 Å². The van der Waals surface area contributed by atoms with Gasteiger partial charge in [-0.15, -0.1) is 10.2 Å². The monoisotopic (exact) mass is 516 g/mol. The van der Waals surface area contributed by atoms with Crippen molar-refractivity contribution in [2.45, 2.75) is 6.10 Å². The van der Waals surface area contributed by atoms with Crippen LogP contribution in [-0.4, -0.2) is 99.5 Å². The molecule has 37 heavy (non-hydrogen) atoms. The maximum absolute atomic E-state index is 14.9. The van der Waals surface area contributed by atoms with E-state index in [1.807, 2.05) is 0 Å². The molecule has 0 aliphatic carbocycles. The van der Waals surface area contributed by atoms with E-state index in [1.54, 1.807) is 0 Å². The predicted octanol–water partition coefficient (Wildman–Crippen LogP) is -0.201. The van der Waals surface area contributed by atoms with E-state index in [4.69, 9.17) is 9.84 Å². The number of hydrogen-bond donors (Lipinski definition) is 2. The molecule has 0 unspecified atom stereocenters. The van der Waals surface area contributed by atoms with Crippen molar-refractivity contribution in [3.8, 4) is 0 Å². The Morgan fingerprint density at radius 1 is 1.14 bits per heavy atom. The van der Waals surface area contributed by atoms with Gasteiger partial charge in [-0.05, 0) is 0 Å². The Labute approximate surface area is 208 Å². The van der Waals surface area contributed by atoms with Gasteiger partial charge in [0.25, 0.3) is 5.91 Å². The zero-order chi connectivity index (χ0) is 26.1. The molecule has 2 aliphatic rings. The summed E-state index contributed by atoms with van der Waals surface area (Å²) in [4.78, 5) is 44.9. The molecule has 2 N–H and O–H groups in total. The van der Waals surface area contributed by atoms with E-state index in [1.165, 1.54) is 32.8 Å². The largest absolute Gasteiger partial charge is 0.441 e.